The molecule has 0 radical (unpaired) electrons. The molecule has 3 N–H and O–H groups in total. The second kappa shape index (κ2) is 6.23. The predicted molar refractivity (Wildman–Crippen MR) is 79.3 cm³/mol. The van der Waals surface area contributed by atoms with Crippen LogP contribution in [0.3, 0.4) is 0 Å². The summed E-state index contributed by atoms with van der Waals surface area (Å²) in [4.78, 5) is -0.134. The van der Waals surface area contributed by atoms with E-state index in [0.717, 1.165) is 12.8 Å². The average Bonchev–Trinajstić information content (AvgIpc) is 2.23. The van der Waals surface area contributed by atoms with Crippen LogP contribution in [-0.4, -0.2) is 4.87 Å². The third-order valence-electron chi connectivity index (χ3n) is 3.24. The first-order chi connectivity index (χ1) is 7.39. The summed E-state index contributed by atoms with van der Waals surface area (Å²) in [7, 11) is 0. The lowest BCUT2D eigenvalue weighted by atomic mass is 9.90. The normalized spacial score (nSPS) is 13.7. The topological polar surface area (TPSA) is 35.0 Å². The summed E-state index contributed by atoms with van der Waals surface area (Å²) in [6.45, 7) is 12.3. The van der Waals surface area contributed by atoms with E-state index in [1.54, 1.807) is 0 Å². The number of hydrogen-bond acceptors (Lipinski definition) is 1. The van der Waals surface area contributed by atoms with Gasteiger partial charge < -0.3 is 6.15 Å². The van der Waals surface area contributed by atoms with Crippen molar-refractivity contribution in [2.24, 2.45) is 0 Å². The van der Waals surface area contributed by atoms with Crippen LogP contribution < -0.4 is 6.15 Å². The highest BCUT2D eigenvalue weighted by molar-refractivity contribution is 6.23. The number of rotatable bonds is 4. The van der Waals surface area contributed by atoms with Crippen molar-refractivity contribution in [1.82, 2.24) is 6.15 Å². The third-order valence-corrected chi connectivity index (χ3v) is 3.64. The minimum absolute atomic E-state index is 0. The Balaban J connectivity index is 0.00000256. The van der Waals surface area contributed by atoms with Gasteiger partial charge >= 0.3 is 0 Å². The van der Waals surface area contributed by atoms with Crippen LogP contribution in [0.5, 0.6) is 0 Å². The molecule has 0 fully saturated rings. The lowest BCUT2D eigenvalue weighted by Gasteiger charge is -2.22. The van der Waals surface area contributed by atoms with Crippen molar-refractivity contribution in [1.29, 1.82) is 0 Å². The summed E-state index contributed by atoms with van der Waals surface area (Å²) < 4.78 is 0. The standard InChI is InChI=1S/C15H21Cl.H3N/c1-6-13-8-11(3)14(12(4)9-13)10-15(5,16)7-2;/h6,8-9H,1,7,10H2,2-5H3;1H3. The zero-order valence-electron chi connectivity index (χ0n) is 11.4. The lowest BCUT2D eigenvalue weighted by molar-refractivity contribution is 0.600. The zero-order chi connectivity index (χ0) is 12.3. The largest absolute Gasteiger partial charge is 0.344 e. The lowest BCUT2D eigenvalue weighted by Crippen LogP contribution is -2.19. The van der Waals surface area contributed by atoms with Gasteiger partial charge in [0.05, 0.1) is 0 Å². The maximum absolute atomic E-state index is 6.45. The number of alkyl halides is 1. The van der Waals surface area contributed by atoms with Crippen LogP contribution in [0.2, 0.25) is 0 Å². The Morgan fingerprint density at radius 2 is 1.76 bits per heavy atom. The Labute approximate surface area is 110 Å². The van der Waals surface area contributed by atoms with E-state index in [4.69, 9.17) is 11.6 Å². The molecule has 0 bridgehead atoms. The van der Waals surface area contributed by atoms with E-state index in [0.29, 0.717) is 0 Å². The van der Waals surface area contributed by atoms with E-state index in [1.807, 2.05) is 6.08 Å². The molecule has 1 aromatic carbocycles. The molecule has 1 unspecified atom stereocenters. The Morgan fingerprint density at radius 1 is 1.29 bits per heavy atom. The quantitative estimate of drug-likeness (QED) is 0.748. The van der Waals surface area contributed by atoms with Gasteiger partial charge in [-0.1, -0.05) is 31.7 Å². The van der Waals surface area contributed by atoms with Crippen molar-refractivity contribution < 1.29 is 0 Å². The van der Waals surface area contributed by atoms with Gasteiger partial charge in [0.1, 0.15) is 0 Å². The summed E-state index contributed by atoms with van der Waals surface area (Å²) in [5.74, 6) is 0. The fraction of sp³-hybridized carbons (Fsp3) is 0.467. The first kappa shape index (κ1) is 16.2. The van der Waals surface area contributed by atoms with E-state index in [2.05, 4.69) is 46.4 Å². The van der Waals surface area contributed by atoms with Gasteiger partial charge in [0, 0.05) is 4.87 Å². The fourth-order valence-corrected chi connectivity index (χ4v) is 2.05. The highest BCUT2D eigenvalue weighted by atomic mass is 35.5. The maximum atomic E-state index is 6.45. The van der Waals surface area contributed by atoms with Crippen LogP contribution in [0.25, 0.3) is 6.08 Å². The van der Waals surface area contributed by atoms with Gasteiger partial charge in [0.2, 0.25) is 0 Å². The van der Waals surface area contributed by atoms with Crippen LogP contribution >= 0.6 is 11.6 Å². The molecule has 0 spiro atoms. The van der Waals surface area contributed by atoms with Gasteiger partial charge in [0.25, 0.3) is 0 Å². The summed E-state index contributed by atoms with van der Waals surface area (Å²) in [5.41, 5.74) is 5.20. The second-order valence-corrected chi connectivity index (χ2v) is 5.69. The van der Waals surface area contributed by atoms with E-state index < -0.39 is 0 Å². The highest BCUT2D eigenvalue weighted by Crippen LogP contribution is 2.28. The molecule has 96 valence electrons. The molecular weight excluding hydrogens is 230 g/mol. The van der Waals surface area contributed by atoms with Gasteiger partial charge in [-0.15, -0.1) is 11.6 Å². The molecule has 0 saturated carbocycles. The average molecular weight is 254 g/mol. The molecule has 1 atom stereocenters. The van der Waals surface area contributed by atoms with Crippen molar-refractivity contribution in [3.63, 3.8) is 0 Å². The van der Waals surface area contributed by atoms with Crippen LogP contribution in [-0.2, 0) is 6.42 Å². The van der Waals surface area contributed by atoms with Gasteiger partial charge in [0.15, 0.2) is 0 Å². The minimum Gasteiger partial charge on any atom is -0.344 e. The molecule has 0 aliphatic rings. The highest BCUT2D eigenvalue weighted by Gasteiger charge is 2.20. The first-order valence-electron chi connectivity index (χ1n) is 5.81. The molecule has 0 saturated heterocycles. The summed E-state index contributed by atoms with van der Waals surface area (Å²) in [6.07, 6.45) is 3.81. The Hall–Kier alpha value is -0.790. The fourth-order valence-electron chi connectivity index (χ4n) is 1.92. The molecule has 1 aromatic rings. The van der Waals surface area contributed by atoms with Crippen molar-refractivity contribution in [3.05, 3.63) is 41.0 Å². The molecule has 0 aromatic heterocycles. The Morgan fingerprint density at radius 3 is 2.12 bits per heavy atom. The van der Waals surface area contributed by atoms with Gasteiger partial charge in [-0.3, -0.25) is 0 Å². The predicted octanol–water partition coefficient (Wildman–Crippen LogP) is 5.06. The number of aryl methyl sites for hydroxylation is 2. The molecule has 1 nitrogen and oxygen atoms in total. The summed E-state index contributed by atoms with van der Waals surface area (Å²) in [6, 6.07) is 4.36. The third kappa shape index (κ3) is 4.18. The van der Waals surface area contributed by atoms with E-state index in [9.17, 15) is 0 Å². The van der Waals surface area contributed by atoms with Gasteiger partial charge in [-0.05, 0) is 55.9 Å². The molecule has 1 rings (SSSR count). The van der Waals surface area contributed by atoms with Crippen molar-refractivity contribution >= 4 is 17.7 Å². The maximum Gasteiger partial charge on any atom is 0.0456 e. The molecular formula is C15H24ClN. The van der Waals surface area contributed by atoms with Crippen LogP contribution in [0, 0.1) is 13.8 Å². The monoisotopic (exact) mass is 253 g/mol. The Bertz CT molecular complexity index is 371. The van der Waals surface area contributed by atoms with Crippen LogP contribution in [0.4, 0.5) is 0 Å². The van der Waals surface area contributed by atoms with Crippen molar-refractivity contribution in [3.8, 4) is 0 Å². The summed E-state index contributed by atoms with van der Waals surface area (Å²) >= 11 is 6.45. The van der Waals surface area contributed by atoms with Gasteiger partial charge in [-0.25, -0.2) is 0 Å². The molecule has 0 heterocycles. The summed E-state index contributed by atoms with van der Waals surface area (Å²) in [5, 5.41) is 0. The SMILES string of the molecule is C=Cc1cc(C)c(CC(C)(Cl)CC)c(C)c1.N. The molecule has 0 aliphatic carbocycles. The number of benzene rings is 1. The van der Waals surface area contributed by atoms with Crippen molar-refractivity contribution in [2.75, 3.05) is 0 Å². The molecule has 2 heteroatoms. The number of halogens is 1. The molecule has 0 amide bonds. The molecule has 0 aliphatic heterocycles. The first-order valence-corrected chi connectivity index (χ1v) is 6.19. The van der Waals surface area contributed by atoms with Crippen LogP contribution in [0.15, 0.2) is 18.7 Å². The number of hydrogen-bond donors (Lipinski definition) is 1. The second-order valence-electron chi connectivity index (χ2n) is 4.78. The van der Waals surface area contributed by atoms with Crippen molar-refractivity contribution in [2.45, 2.75) is 45.4 Å². The molecule has 17 heavy (non-hydrogen) atoms. The minimum atomic E-state index is -0.134. The van der Waals surface area contributed by atoms with Gasteiger partial charge in [-0.2, -0.15) is 0 Å². The van der Waals surface area contributed by atoms with E-state index in [1.165, 1.54) is 22.3 Å². The smallest absolute Gasteiger partial charge is 0.0456 e. The van der Waals surface area contributed by atoms with E-state index in [-0.39, 0.29) is 11.0 Å². The van der Waals surface area contributed by atoms with E-state index >= 15 is 0 Å². The van der Waals surface area contributed by atoms with Crippen LogP contribution in [0.1, 0.15) is 42.5 Å². The zero-order valence-corrected chi connectivity index (χ0v) is 12.2. The Kier molecular flexibility index (Phi) is 5.94.